The van der Waals surface area contributed by atoms with Crippen LogP contribution in [0.4, 0.5) is 0 Å². The van der Waals surface area contributed by atoms with Crippen LogP contribution in [0.2, 0.25) is 5.02 Å². The molecule has 1 atom stereocenters. The molecule has 3 rings (SSSR count). The number of nitrogens with one attached hydrogen (secondary N) is 1. The lowest BCUT2D eigenvalue weighted by molar-refractivity contribution is -0.142. The van der Waals surface area contributed by atoms with E-state index in [9.17, 15) is 9.59 Å². The van der Waals surface area contributed by atoms with Crippen LogP contribution in [0.15, 0.2) is 53.0 Å². The first kappa shape index (κ1) is 22.6. The Hall–Kier alpha value is -2.05. The molecule has 1 fully saturated rings. The average molecular weight is 494 g/mol. The predicted octanol–water partition coefficient (Wildman–Crippen LogP) is 4.96. The molecular weight excluding hydrogens is 468 g/mol. The van der Waals surface area contributed by atoms with Crippen molar-refractivity contribution < 1.29 is 14.3 Å². The highest BCUT2D eigenvalue weighted by molar-refractivity contribution is 9.10. The van der Waals surface area contributed by atoms with Crippen LogP contribution in [0, 0.1) is 0 Å². The number of hydrogen-bond donors (Lipinski definition) is 1. The van der Waals surface area contributed by atoms with E-state index in [0.717, 1.165) is 35.7 Å². The van der Waals surface area contributed by atoms with E-state index in [1.807, 2.05) is 24.3 Å². The Bertz CT molecular complexity index is 886. The molecule has 0 unspecified atom stereocenters. The molecule has 0 heterocycles. The van der Waals surface area contributed by atoms with E-state index >= 15 is 0 Å². The summed E-state index contributed by atoms with van der Waals surface area (Å²) in [6, 6.07) is 14.2. The number of carbonyl (C=O) groups excluding carboxylic acids is 2. The Labute approximate surface area is 190 Å². The van der Waals surface area contributed by atoms with E-state index < -0.39 is 6.04 Å². The highest BCUT2D eigenvalue weighted by Crippen LogP contribution is 2.20. The van der Waals surface area contributed by atoms with Crippen LogP contribution in [-0.2, 0) is 16.1 Å². The Morgan fingerprint density at radius 2 is 1.93 bits per heavy atom. The molecule has 2 amide bonds. The lowest BCUT2D eigenvalue weighted by atomic mass is 10.1. The standard InChI is InChI=1S/C23H26BrClN2O3/c1-16(23(29)26-20-9-2-3-10-20)27(14-17-6-4-7-18(24)12-17)22(28)15-30-21-11-5-8-19(25)13-21/h4-8,11-13,16,20H,2-3,9-10,14-15H2,1H3,(H,26,29)/t16-/m1/s1. The van der Waals surface area contributed by atoms with Crippen molar-refractivity contribution in [2.24, 2.45) is 0 Å². The number of carbonyl (C=O) groups is 2. The zero-order chi connectivity index (χ0) is 21.5. The van der Waals surface area contributed by atoms with Gasteiger partial charge in [0.2, 0.25) is 5.91 Å². The number of amides is 2. The summed E-state index contributed by atoms with van der Waals surface area (Å²) in [5, 5.41) is 3.63. The van der Waals surface area contributed by atoms with E-state index in [2.05, 4.69) is 21.2 Å². The summed E-state index contributed by atoms with van der Waals surface area (Å²) in [6.07, 6.45) is 4.26. The molecule has 0 radical (unpaired) electrons. The van der Waals surface area contributed by atoms with Gasteiger partial charge in [0.25, 0.3) is 5.91 Å². The van der Waals surface area contributed by atoms with Crippen LogP contribution in [-0.4, -0.2) is 35.4 Å². The van der Waals surface area contributed by atoms with Crippen molar-refractivity contribution in [2.75, 3.05) is 6.61 Å². The van der Waals surface area contributed by atoms with Crippen molar-refractivity contribution in [3.63, 3.8) is 0 Å². The quantitative estimate of drug-likeness (QED) is 0.566. The van der Waals surface area contributed by atoms with Gasteiger partial charge < -0.3 is 15.0 Å². The highest BCUT2D eigenvalue weighted by Gasteiger charge is 2.28. The van der Waals surface area contributed by atoms with Crippen LogP contribution in [0.5, 0.6) is 5.75 Å². The normalized spacial score (nSPS) is 14.9. The zero-order valence-corrected chi connectivity index (χ0v) is 19.3. The SMILES string of the molecule is C[C@H](C(=O)NC1CCCC1)N(Cc1cccc(Br)c1)C(=O)COc1cccc(Cl)c1. The topological polar surface area (TPSA) is 58.6 Å². The fourth-order valence-corrected chi connectivity index (χ4v) is 4.22. The van der Waals surface area contributed by atoms with Crippen LogP contribution in [0.1, 0.15) is 38.2 Å². The van der Waals surface area contributed by atoms with Gasteiger partial charge in [-0.15, -0.1) is 0 Å². The molecule has 0 aromatic heterocycles. The number of ether oxygens (including phenoxy) is 1. The minimum absolute atomic E-state index is 0.131. The third-order valence-electron chi connectivity index (χ3n) is 5.27. The lowest BCUT2D eigenvalue weighted by Gasteiger charge is -2.29. The number of nitrogens with zero attached hydrogens (tertiary/aromatic N) is 1. The van der Waals surface area contributed by atoms with Gasteiger partial charge in [-0.2, -0.15) is 0 Å². The van der Waals surface area contributed by atoms with E-state index in [1.54, 1.807) is 36.1 Å². The monoisotopic (exact) mass is 492 g/mol. The minimum Gasteiger partial charge on any atom is -0.484 e. The van der Waals surface area contributed by atoms with E-state index in [-0.39, 0.29) is 24.5 Å². The Kier molecular flexibility index (Phi) is 8.16. The maximum Gasteiger partial charge on any atom is 0.261 e. The van der Waals surface area contributed by atoms with Crippen LogP contribution in [0.25, 0.3) is 0 Å². The fourth-order valence-electron chi connectivity index (χ4n) is 3.59. The van der Waals surface area contributed by atoms with Gasteiger partial charge in [-0.3, -0.25) is 9.59 Å². The first-order chi connectivity index (χ1) is 14.4. The van der Waals surface area contributed by atoms with Crippen molar-refractivity contribution in [1.29, 1.82) is 0 Å². The van der Waals surface area contributed by atoms with Gasteiger partial charge in [0.1, 0.15) is 11.8 Å². The van der Waals surface area contributed by atoms with Gasteiger partial charge >= 0.3 is 0 Å². The molecular formula is C23H26BrClN2O3. The molecule has 2 aromatic carbocycles. The average Bonchev–Trinajstić information content (AvgIpc) is 3.23. The predicted molar refractivity (Wildman–Crippen MR) is 121 cm³/mol. The number of hydrogen-bond acceptors (Lipinski definition) is 3. The highest BCUT2D eigenvalue weighted by atomic mass is 79.9. The van der Waals surface area contributed by atoms with Crippen LogP contribution >= 0.6 is 27.5 Å². The fraction of sp³-hybridized carbons (Fsp3) is 0.391. The second-order valence-electron chi connectivity index (χ2n) is 7.56. The largest absolute Gasteiger partial charge is 0.484 e. The van der Waals surface area contributed by atoms with Gasteiger partial charge in [0.05, 0.1) is 0 Å². The molecule has 1 aliphatic rings. The van der Waals surface area contributed by atoms with Gasteiger partial charge in [-0.05, 0) is 55.7 Å². The molecule has 1 saturated carbocycles. The van der Waals surface area contributed by atoms with Crippen molar-refractivity contribution in [1.82, 2.24) is 10.2 Å². The number of rotatable bonds is 8. The van der Waals surface area contributed by atoms with Gasteiger partial charge in [0.15, 0.2) is 6.61 Å². The van der Waals surface area contributed by atoms with Crippen molar-refractivity contribution in [3.8, 4) is 5.75 Å². The van der Waals surface area contributed by atoms with Crippen LogP contribution in [0.3, 0.4) is 0 Å². The number of benzene rings is 2. The van der Waals surface area contributed by atoms with E-state index in [4.69, 9.17) is 16.3 Å². The summed E-state index contributed by atoms with van der Waals surface area (Å²) < 4.78 is 6.56. The lowest BCUT2D eigenvalue weighted by Crippen LogP contribution is -2.50. The third-order valence-corrected chi connectivity index (χ3v) is 6.00. The molecule has 0 saturated heterocycles. The van der Waals surface area contributed by atoms with Gasteiger partial charge in [0, 0.05) is 22.1 Å². The smallest absolute Gasteiger partial charge is 0.261 e. The first-order valence-corrected chi connectivity index (χ1v) is 11.3. The summed E-state index contributed by atoms with van der Waals surface area (Å²) in [6.45, 7) is 1.91. The van der Waals surface area contributed by atoms with Gasteiger partial charge in [-0.1, -0.05) is 58.6 Å². The van der Waals surface area contributed by atoms with E-state index in [1.165, 1.54) is 0 Å². The van der Waals surface area contributed by atoms with Crippen molar-refractivity contribution >= 4 is 39.3 Å². The van der Waals surface area contributed by atoms with Crippen molar-refractivity contribution in [3.05, 3.63) is 63.6 Å². The molecule has 0 aliphatic heterocycles. The molecule has 1 N–H and O–H groups in total. The summed E-state index contributed by atoms with van der Waals surface area (Å²) in [5.74, 6) is 0.123. The molecule has 1 aliphatic carbocycles. The molecule has 5 nitrogen and oxygen atoms in total. The molecule has 160 valence electrons. The maximum absolute atomic E-state index is 13.1. The van der Waals surface area contributed by atoms with Crippen LogP contribution < -0.4 is 10.1 Å². The van der Waals surface area contributed by atoms with Crippen molar-refractivity contribution in [2.45, 2.75) is 51.2 Å². The summed E-state index contributed by atoms with van der Waals surface area (Å²) in [4.78, 5) is 27.5. The maximum atomic E-state index is 13.1. The second-order valence-corrected chi connectivity index (χ2v) is 8.92. The Morgan fingerprint density at radius 3 is 2.63 bits per heavy atom. The minimum atomic E-state index is -0.611. The first-order valence-electron chi connectivity index (χ1n) is 10.1. The third kappa shape index (κ3) is 6.47. The molecule has 30 heavy (non-hydrogen) atoms. The summed E-state index contributed by atoms with van der Waals surface area (Å²) in [5.41, 5.74) is 0.931. The van der Waals surface area contributed by atoms with Gasteiger partial charge in [-0.25, -0.2) is 0 Å². The molecule has 0 spiro atoms. The zero-order valence-electron chi connectivity index (χ0n) is 16.9. The number of halogens is 2. The summed E-state index contributed by atoms with van der Waals surface area (Å²) >= 11 is 9.45. The molecule has 7 heteroatoms. The Morgan fingerprint density at radius 1 is 1.20 bits per heavy atom. The molecule has 2 aromatic rings. The Balaban J connectivity index is 1.71. The van der Waals surface area contributed by atoms with E-state index in [0.29, 0.717) is 17.3 Å². The molecule has 0 bridgehead atoms. The summed E-state index contributed by atoms with van der Waals surface area (Å²) in [7, 11) is 0. The second kappa shape index (κ2) is 10.8.